The number of hydrogen-bond donors (Lipinski definition) is 1. The molecule has 4 atom stereocenters. The predicted octanol–water partition coefficient (Wildman–Crippen LogP) is 4.04. The Balaban J connectivity index is 2.14. The van der Waals surface area contributed by atoms with E-state index in [1.165, 1.54) is 5.56 Å². The summed E-state index contributed by atoms with van der Waals surface area (Å²) in [6, 6.07) is 10.3. The summed E-state index contributed by atoms with van der Waals surface area (Å²) in [6.45, 7) is 8.07. The molecule has 0 aliphatic heterocycles. The molecule has 1 fully saturated rings. The largest absolute Gasteiger partial charge is 0.299 e. The first-order valence-corrected chi connectivity index (χ1v) is 10.2. The second kappa shape index (κ2) is 8.39. The summed E-state index contributed by atoms with van der Waals surface area (Å²) in [5.41, 5.74) is 1.27. The molecular formula is C20H31NO2S. The van der Waals surface area contributed by atoms with Gasteiger partial charge in [0.05, 0.1) is 15.7 Å². The van der Waals surface area contributed by atoms with Gasteiger partial charge in [-0.3, -0.25) is 4.79 Å². The lowest BCUT2D eigenvalue weighted by atomic mass is 9.84. The molecule has 1 aromatic carbocycles. The Morgan fingerprint density at radius 1 is 1.25 bits per heavy atom. The van der Waals surface area contributed by atoms with E-state index in [-0.39, 0.29) is 16.7 Å². The monoisotopic (exact) mass is 349 g/mol. The molecule has 0 bridgehead atoms. The third kappa shape index (κ3) is 5.00. The maximum atomic E-state index is 12.6. The van der Waals surface area contributed by atoms with Crippen LogP contribution in [0.5, 0.6) is 0 Å². The van der Waals surface area contributed by atoms with E-state index >= 15 is 0 Å². The van der Waals surface area contributed by atoms with Gasteiger partial charge >= 0.3 is 0 Å². The molecule has 134 valence electrons. The molecule has 1 aliphatic carbocycles. The number of hydrogen-bond acceptors (Lipinski definition) is 2. The van der Waals surface area contributed by atoms with E-state index < -0.39 is 11.0 Å². The van der Waals surface area contributed by atoms with Gasteiger partial charge in [0.15, 0.2) is 0 Å². The number of carbonyl (C=O) groups is 1. The van der Waals surface area contributed by atoms with Crippen molar-refractivity contribution in [3.63, 3.8) is 0 Å². The summed E-state index contributed by atoms with van der Waals surface area (Å²) >= 11 is 0. The van der Waals surface area contributed by atoms with Gasteiger partial charge in [-0.15, -0.1) is 0 Å². The van der Waals surface area contributed by atoms with E-state index in [1.807, 2.05) is 39.0 Å². The molecule has 4 heteroatoms. The summed E-state index contributed by atoms with van der Waals surface area (Å²) in [5, 5.41) is 0. The lowest BCUT2D eigenvalue weighted by Gasteiger charge is -2.30. The zero-order valence-electron chi connectivity index (χ0n) is 15.4. The van der Waals surface area contributed by atoms with Crippen LogP contribution >= 0.6 is 0 Å². The molecule has 1 aliphatic rings. The Labute approximate surface area is 149 Å². The van der Waals surface area contributed by atoms with E-state index in [2.05, 4.69) is 23.8 Å². The Bertz CT molecular complexity index is 565. The molecule has 0 radical (unpaired) electrons. The molecule has 1 unspecified atom stereocenters. The Morgan fingerprint density at radius 3 is 2.50 bits per heavy atom. The summed E-state index contributed by atoms with van der Waals surface area (Å²) in [6.07, 6.45) is 4.42. The standard InChI is InChI=1S/C20H31NO2S/c1-5-16-12-14-18(22)19(16)17(21-24(23)20(2,3)4)13-11-15-9-7-6-8-10-15/h6-10,16-17,19,21H,5,11-14H2,1-4H3/t16-,17-,19-,24?/m1/s1. The molecule has 2 rings (SSSR count). The smallest absolute Gasteiger partial charge is 0.137 e. The van der Waals surface area contributed by atoms with Gasteiger partial charge in [-0.05, 0) is 51.5 Å². The maximum absolute atomic E-state index is 12.6. The van der Waals surface area contributed by atoms with E-state index in [1.54, 1.807) is 0 Å². The van der Waals surface area contributed by atoms with Gasteiger partial charge in [0, 0.05) is 18.4 Å². The molecule has 1 saturated carbocycles. The van der Waals surface area contributed by atoms with Crippen LogP contribution < -0.4 is 4.72 Å². The number of carbonyl (C=O) groups excluding carboxylic acids is 1. The normalized spacial score (nSPS) is 24.1. The van der Waals surface area contributed by atoms with Crippen molar-refractivity contribution >= 4 is 16.8 Å². The third-order valence-corrected chi connectivity index (χ3v) is 6.63. The maximum Gasteiger partial charge on any atom is 0.137 e. The number of rotatable bonds is 7. The first kappa shape index (κ1) is 19.3. The van der Waals surface area contributed by atoms with Crippen molar-refractivity contribution in [3.8, 4) is 0 Å². The second-order valence-electron chi connectivity index (χ2n) is 7.83. The summed E-state index contributed by atoms with van der Waals surface area (Å²) in [5.74, 6) is 0.770. The highest BCUT2D eigenvalue weighted by atomic mass is 32.2. The van der Waals surface area contributed by atoms with Gasteiger partial charge in [0.25, 0.3) is 0 Å². The van der Waals surface area contributed by atoms with Gasteiger partial charge in [-0.25, -0.2) is 8.93 Å². The van der Waals surface area contributed by atoms with Crippen LogP contribution in [0.2, 0.25) is 0 Å². The van der Waals surface area contributed by atoms with E-state index in [0.717, 1.165) is 25.7 Å². The minimum absolute atomic E-state index is 0.00464. The first-order chi connectivity index (χ1) is 11.3. The predicted molar refractivity (Wildman–Crippen MR) is 101 cm³/mol. The number of aryl methyl sites for hydroxylation is 1. The molecule has 0 saturated heterocycles. The van der Waals surface area contributed by atoms with Gasteiger partial charge in [-0.2, -0.15) is 0 Å². The lowest BCUT2D eigenvalue weighted by Crippen LogP contribution is -2.46. The minimum Gasteiger partial charge on any atom is -0.299 e. The Kier molecular flexibility index (Phi) is 6.76. The molecule has 1 aromatic rings. The van der Waals surface area contributed by atoms with Crippen molar-refractivity contribution in [1.82, 2.24) is 4.72 Å². The van der Waals surface area contributed by atoms with E-state index in [4.69, 9.17) is 0 Å². The molecular weight excluding hydrogens is 318 g/mol. The van der Waals surface area contributed by atoms with Crippen LogP contribution in [0.25, 0.3) is 0 Å². The van der Waals surface area contributed by atoms with Crippen LogP contribution in [0.3, 0.4) is 0 Å². The van der Waals surface area contributed by atoms with Crippen LogP contribution in [0.1, 0.15) is 58.9 Å². The average Bonchev–Trinajstić information content (AvgIpc) is 2.92. The number of ketones is 1. The summed E-state index contributed by atoms with van der Waals surface area (Å²) in [4.78, 5) is 12.5. The van der Waals surface area contributed by atoms with E-state index in [9.17, 15) is 9.00 Å². The van der Waals surface area contributed by atoms with Gasteiger partial charge < -0.3 is 0 Å². The van der Waals surface area contributed by atoms with Crippen molar-refractivity contribution < 1.29 is 9.00 Å². The van der Waals surface area contributed by atoms with Crippen molar-refractivity contribution in [2.24, 2.45) is 11.8 Å². The van der Waals surface area contributed by atoms with Crippen LogP contribution in [0, 0.1) is 11.8 Å². The zero-order valence-corrected chi connectivity index (χ0v) is 16.2. The summed E-state index contributed by atoms with van der Waals surface area (Å²) in [7, 11) is -1.16. The molecule has 0 amide bonds. The van der Waals surface area contributed by atoms with Crippen molar-refractivity contribution in [1.29, 1.82) is 0 Å². The third-order valence-electron chi connectivity index (χ3n) is 5.00. The first-order valence-electron chi connectivity index (χ1n) is 9.07. The fourth-order valence-corrected chi connectivity index (χ4v) is 4.43. The molecule has 1 N–H and O–H groups in total. The Morgan fingerprint density at radius 2 is 1.92 bits per heavy atom. The number of Topliss-reactive ketones (excluding diaryl/α,β-unsaturated/α-hetero) is 1. The average molecular weight is 350 g/mol. The molecule has 0 spiro atoms. The Hall–Kier alpha value is -1.00. The SMILES string of the molecule is CC[C@@H]1CCC(=O)[C@H]1[C@@H](CCc1ccccc1)NS(=O)C(C)(C)C. The molecule has 0 heterocycles. The van der Waals surface area contributed by atoms with Crippen LogP contribution in [0.4, 0.5) is 0 Å². The van der Waals surface area contributed by atoms with Crippen molar-refractivity contribution in [2.45, 2.75) is 70.6 Å². The van der Waals surface area contributed by atoms with Crippen molar-refractivity contribution in [3.05, 3.63) is 35.9 Å². The van der Waals surface area contributed by atoms with Crippen LogP contribution in [-0.4, -0.2) is 20.8 Å². The zero-order chi connectivity index (χ0) is 17.7. The van der Waals surface area contributed by atoms with Crippen molar-refractivity contribution in [2.75, 3.05) is 0 Å². The highest BCUT2D eigenvalue weighted by molar-refractivity contribution is 7.84. The van der Waals surface area contributed by atoms with Crippen LogP contribution in [-0.2, 0) is 22.2 Å². The molecule has 3 nitrogen and oxygen atoms in total. The fourth-order valence-electron chi connectivity index (χ4n) is 3.54. The van der Waals surface area contributed by atoms with Gasteiger partial charge in [-0.1, -0.05) is 43.7 Å². The van der Waals surface area contributed by atoms with Gasteiger partial charge in [0.1, 0.15) is 5.78 Å². The molecule has 24 heavy (non-hydrogen) atoms. The lowest BCUT2D eigenvalue weighted by molar-refractivity contribution is -0.122. The highest BCUT2D eigenvalue weighted by Crippen LogP contribution is 2.35. The van der Waals surface area contributed by atoms with E-state index in [0.29, 0.717) is 18.1 Å². The quantitative estimate of drug-likeness (QED) is 0.807. The topological polar surface area (TPSA) is 46.2 Å². The summed E-state index contributed by atoms with van der Waals surface area (Å²) < 4.78 is 15.6. The number of nitrogens with one attached hydrogen (secondary N) is 1. The molecule has 0 aromatic heterocycles. The van der Waals surface area contributed by atoms with Gasteiger partial charge in [0.2, 0.25) is 0 Å². The second-order valence-corrected chi connectivity index (χ2v) is 9.83. The highest BCUT2D eigenvalue weighted by Gasteiger charge is 2.40. The number of benzene rings is 1. The fraction of sp³-hybridized carbons (Fsp3) is 0.650. The van der Waals surface area contributed by atoms with Crippen LogP contribution in [0.15, 0.2) is 30.3 Å². The minimum atomic E-state index is -1.16.